The molecule has 0 aliphatic rings. The van der Waals surface area contributed by atoms with Gasteiger partial charge in [0.15, 0.2) is 0 Å². The van der Waals surface area contributed by atoms with E-state index in [0.29, 0.717) is 0 Å². The molecule has 0 bridgehead atoms. The van der Waals surface area contributed by atoms with Crippen LogP contribution in [-0.4, -0.2) is 13.3 Å². The molecule has 3 rings (SSSR count). The minimum absolute atomic E-state index is 0.718. The van der Waals surface area contributed by atoms with Crippen LogP contribution in [0.25, 0.3) is 0 Å². The Morgan fingerprint density at radius 1 is 0.833 bits per heavy atom. The molecule has 0 saturated heterocycles. The van der Waals surface area contributed by atoms with Gasteiger partial charge in [-0.25, -0.2) is 4.76 Å². The van der Waals surface area contributed by atoms with E-state index in [9.17, 15) is 4.57 Å². The summed E-state index contributed by atoms with van der Waals surface area (Å²) in [6, 6.07) is 26.3. The summed E-state index contributed by atoms with van der Waals surface area (Å²) >= 11 is 0. The van der Waals surface area contributed by atoms with Crippen LogP contribution in [0.2, 0.25) is 0 Å². The smallest absolute Gasteiger partial charge is 0.247 e. The van der Waals surface area contributed by atoms with Gasteiger partial charge >= 0.3 is 0 Å². The molecule has 0 amide bonds. The highest BCUT2D eigenvalue weighted by Gasteiger charge is 2.25. The molecule has 0 atom stereocenters. The predicted octanol–water partition coefficient (Wildman–Crippen LogP) is 4.04. The van der Waals surface area contributed by atoms with Crippen LogP contribution in [0.3, 0.4) is 0 Å². The molecule has 0 unspecified atom stereocenters. The fourth-order valence-corrected chi connectivity index (χ4v) is 4.43. The van der Waals surface area contributed by atoms with Crippen molar-refractivity contribution >= 4 is 24.1 Å². The maximum Gasteiger partial charge on any atom is 0.247 e. The summed E-state index contributed by atoms with van der Waals surface area (Å²) in [6.45, 7) is 0. The molecule has 3 aromatic carbocycles. The topological polar surface area (TPSA) is 38.7 Å². The average Bonchev–Trinajstić information content (AvgIpc) is 2.67. The number of rotatable bonds is 5. The lowest BCUT2D eigenvalue weighted by Crippen LogP contribution is -2.14. The Kier molecular flexibility index (Phi) is 4.93. The van der Waals surface area contributed by atoms with Gasteiger partial charge in [-0.15, -0.1) is 0 Å². The minimum atomic E-state index is -3.08. The number of nitrogens with zero attached hydrogens (tertiary/aromatic N) is 1. The Balaban J connectivity index is 2.06. The van der Waals surface area contributed by atoms with Crippen molar-refractivity contribution in [2.45, 2.75) is 0 Å². The first kappa shape index (κ1) is 16.2. The van der Waals surface area contributed by atoms with Crippen LogP contribution in [0.1, 0.15) is 5.56 Å². The number of benzene rings is 3. The number of hydrogen-bond acceptors (Lipinski definition) is 2. The van der Waals surface area contributed by atoms with Gasteiger partial charge in [0, 0.05) is 16.8 Å². The number of ether oxygens (including phenoxy) is 1. The van der Waals surface area contributed by atoms with E-state index in [-0.39, 0.29) is 0 Å². The Hall–Kier alpha value is -2.64. The largest absolute Gasteiger partial charge is 0.497 e. The highest BCUT2D eigenvalue weighted by molar-refractivity contribution is 7.77. The van der Waals surface area contributed by atoms with Crippen molar-refractivity contribution in [3.8, 4) is 5.75 Å². The third-order valence-corrected chi connectivity index (χ3v) is 6.11. The molecule has 24 heavy (non-hydrogen) atoms. The SMILES string of the molecule is COc1cccc(/C=N/P(=O)(c2ccccc2)c2ccccc2)c1. The molecule has 0 saturated carbocycles. The molecule has 0 heterocycles. The standard InChI is InChI=1S/C20H18NO2P/c1-23-18-10-8-9-17(15-18)16-21-24(22,19-11-4-2-5-12-19)20-13-6-3-7-14-20/h2-16H,1H3/b21-16+. The van der Waals surface area contributed by atoms with E-state index < -0.39 is 7.29 Å². The fraction of sp³-hybridized carbons (Fsp3) is 0.0500. The predicted molar refractivity (Wildman–Crippen MR) is 100 cm³/mol. The van der Waals surface area contributed by atoms with Gasteiger partial charge in [0.25, 0.3) is 0 Å². The molecule has 3 nitrogen and oxygen atoms in total. The van der Waals surface area contributed by atoms with Crippen LogP contribution in [0.15, 0.2) is 89.7 Å². The van der Waals surface area contributed by atoms with Gasteiger partial charge in [-0.2, -0.15) is 0 Å². The lowest BCUT2D eigenvalue weighted by molar-refractivity contribution is 0.415. The van der Waals surface area contributed by atoms with Crippen LogP contribution in [0, 0.1) is 0 Å². The summed E-state index contributed by atoms with van der Waals surface area (Å²) in [5.74, 6) is 0.744. The lowest BCUT2D eigenvalue weighted by Gasteiger charge is -2.14. The van der Waals surface area contributed by atoms with E-state index in [4.69, 9.17) is 4.74 Å². The zero-order chi connectivity index (χ0) is 16.8. The fourth-order valence-electron chi connectivity index (χ4n) is 2.41. The second-order valence-corrected chi connectivity index (χ2v) is 7.68. The quantitative estimate of drug-likeness (QED) is 0.521. The van der Waals surface area contributed by atoms with Gasteiger partial charge in [0.1, 0.15) is 5.75 Å². The van der Waals surface area contributed by atoms with Crippen molar-refractivity contribution in [2.24, 2.45) is 4.76 Å². The third-order valence-electron chi connectivity index (χ3n) is 3.68. The van der Waals surface area contributed by atoms with Gasteiger partial charge in [-0.3, -0.25) is 4.57 Å². The number of hydrogen-bond donors (Lipinski definition) is 0. The molecule has 3 aromatic rings. The van der Waals surface area contributed by atoms with E-state index in [1.165, 1.54) is 0 Å². The Bertz CT molecular complexity index is 833. The Morgan fingerprint density at radius 3 is 1.96 bits per heavy atom. The van der Waals surface area contributed by atoms with Crippen LogP contribution >= 0.6 is 7.29 Å². The van der Waals surface area contributed by atoms with Gasteiger partial charge in [-0.1, -0.05) is 48.5 Å². The zero-order valence-corrected chi connectivity index (χ0v) is 14.3. The molecule has 0 radical (unpaired) electrons. The highest BCUT2D eigenvalue weighted by Crippen LogP contribution is 2.44. The van der Waals surface area contributed by atoms with Crippen LogP contribution < -0.4 is 15.3 Å². The summed E-state index contributed by atoms with van der Waals surface area (Å²) in [4.78, 5) is 0. The Labute approximate surface area is 142 Å². The summed E-state index contributed by atoms with van der Waals surface area (Å²) in [6.07, 6.45) is 1.66. The molecule has 0 N–H and O–H groups in total. The van der Waals surface area contributed by atoms with Gasteiger partial charge < -0.3 is 4.74 Å². The highest BCUT2D eigenvalue weighted by atomic mass is 31.2. The molecule has 0 aromatic heterocycles. The van der Waals surface area contributed by atoms with Crippen LogP contribution in [-0.2, 0) is 4.57 Å². The second-order valence-electron chi connectivity index (χ2n) is 5.27. The van der Waals surface area contributed by atoms with E-state index >= 15 is 0 Å². The van der Waals surface area contributed by atoms with Crippen molar-refractivity contribution in [3.63, 3.8) is 0 Å². The van der Waals surface area contributed by atoms with E-state index in [1.54, 1.807) is 13.3 Å². The lowest BCUT2D eigenvalue weighted by atomic mass is 10.2. The minimum Gasteiger partial charge on any atom is -0.497 e. The van der Waals surface area contributed by atoms with Crippen molar-refractivity contribution in [2.75, 3.05) is 7.11 Å². The molecular weight excluding hydrogens is 317 g/mol. The first-order chi connectivity index (χ1) is 11.7. The molecule has 4 heteroatoms. The van der Waals surface area contributed by atoms with Crippen molar-refractivity contribution in [1.82, 2.24) is 0 Å². The summed E-state index contributed by atoms with van der Waals surface area (Å²) < 4.78 is 23.5. The summed E-state index contributed by atoms with van der Waals surface area (Å²) in [5.41, 5.74) is 0.849. The van der Waals surface area contributed by atoms with Crippen LogP contribution in [0.4, 0.5) is 0 Å². The van der Waals surface area contributed by atoms with Gasteiger partial charge in [-0.05, 0) is 42.0 Å². The monoisotopic (exact) mass is 335 g/mol. The average molecular weight is 335 g/mol. The summed E-state index contributed by atoms with van der Waals surface area (Å²) in [5, 5.41) is 1.44. The first-order valence-electron chi connectivity index (χ1n) is 7.63. The second kappa shape index (κ2) is 7.29. The first-order valence-corrected chi connectivity index (χ1v) is 9.29. The summed E-state index contributed by atoms with van der Waals surface area (Å²) in [7, 11) is -1.46. The molecule has 0 aliphatic carbocycles. The molecule has 0 fully saturated rings. The maximum atomic E-state index is 13.7. The molecule has 120 valence electrons. The van der Waals surface area contributed by atoms with E-state index in [2.05, 4.69) is 4.76 Å². The van der Waals surface area contributed by atoms with E-state index in [0.717, 1.165) is 21.9 Å². The van der Waals surface area contributed by atoms with Gasteiger partial charge in [0.05, 0.1) is 7.11 Å². The third kappa shape index (κ3) is 3.47. The molecule has 0 aliphatic heterocycles. The van der Waals surface area contributed by atoms with Crippen molar-refractivity contribution in [3.05, 3.63) is 90.5 Å². The normalized spacial score (nSPS) is 11.5. The molecule has 0 spiro atoms. The number of methoxy groups -OCH3 is 1. The van der Waals surface area contributed by atoms with Gasteiger partial charge in [0.2, 0.25) is 7.29 Å². The Morgan fingerprint density at radius 2 is 1.42 bits per heavy atom. The van der Waals surface area contributed by atoms with Crippen molar-refractivity contribution < 1.29 is 9.30 Å². The molecular formula is C20H18NO2P. The van der Waals surface area contributed by atoms with Crippen LogP contribution in [0.5, 0.6) is 5.75 Å². The van der Waals surface area contributed by atoms with E-state index in [1.807, 2.05) is 84.9 Å². The maximum absolute atomic E-state index is 13.7. The van der Waals surface area contributed by atoms with Crippen molar-refractivity contribution in [1.29, 1.82) is 0 Å². The zero-order valence-electron chi connectivity index (χ0n) is 13.4.